The molecule has 0 rings (SSSR count). The third kappa shape index (κ3) is 9.86. The van der Waals surface area contributed by atoms with Gasteiger partial charge >= 0.3 is 44.8 Å². The van der Waals surface area contributed by atoms with Gasteiger partial charge in [0.2, 0.25) is 0 Å². The number of hydrogen-bond acceptors (Lipinski definition) is 6. The molecule has 30 heavy (non-hydrogen) atoms. The van der Waals surface area contributed by atoms with Crippen LogP contribution in [0, 0.1) is 17.8 Å². The molecule has 0 bridgehead atoms. The van der Waals surface area contributed by atoms with E-state index in [1.54, 1.807) is 6.92 Å². The second kappa shape index (κ2) is 16.9. The predicted octanol–water partition coefficient (Wildman–Crippen LogP) is 1.94. The van der Waals surface area contributed by atoms with Crippen LogP contribution in [-0.2, 0) is 64.5 Å². The Bertz CT molecular complexity index is 598. The van der Waals surface area contributed by atoms with E-state index >= 15 is 0 Å². The molecule has 0 heterocycles. The van der Waals surface area contributed by atoms with Gasteiger partial charge in [0.25, 0.3) is 10.1 Å². The Labute approximate surface area is 212 Å². The van der Waals surface area contributed by atoms with Crippen molar-refractivity contribution in [2.45, 2.75) is 96.7 Å². The molecule has 0 amide bonds. The number of rotatable bonds is 16. The van der Waals surface area contributed by atoms with Gasteiger partial charge in [-0.3, -0.25) is 4.55 Å². The van der Waals surface area contributed by atoms with Crippen molar-refractivity contribution in [2.24, 2.45) is 17.8 Å². The maximum Gasteiger partial charge on any atom is 1.00 e. The van der Waals surface area contributed by atoms with E-state index in [9.17, 15) is 32.8 Å². The zero-order valence-electron chi connectivity index (χ0n) is 18.2. The third-order valence-corrected chi connectivity index (χ3v) is 7.44. The molecule has 186 valence electrons. The van der Waals surface area contributed by atoms with Gasteiger partial charge < -0.3 is 19.8 Å². The molecule has 7 nitrogen and oxygen atoms in total. The van der Waals surface area contributed by atoms with E-state index in [4.69, 9.17) is 0 Å². The van der Waals surface area contributed by atoms with Gasteiger partial charge in [-0.25, -0.2) is 0 Å². The Kier molecular flexibility index (Phi) is 19.7. The summed E-state index contributed by atoms with van der Waals surface area (Å²) in [7, 11) is -5.26. The van der Waals surface area contributed by atoms with Crippen LogP contribution in [0.25, 0.3) is 0 Å². The molecule has 0 aliphatic heterocycles. The molecule has 0 spiro atoms. The number of carbonyl (C=O) groups is 2. The zero-order valence-corrected chi connectivity index (χ0v) is 22.0. The Hall–Kier alpha value is 0.331. The minimum atomic E-state index is -5.26. The molecular weight excluding hydrogens is 600 g/mol. The number of hydrogen-bond donors (Lipinski definition) is 1. The Morgan fingerprint density at radius 2 is 1.33 bits per heavy atom. The summed E-state index contributed by atoms with van der Waals surface area (Å²) >= 11 is 0. The van der Waals surface area contributed by atoms with E-state index in [2.05, 4.69) is 0 Å². The van der Waals surface area contributed by atoms with Crippen molar-refractivity contribution >= 4 is 22.1 Å². The maximum atomic E-state index is 12.3. The smallest absolute Gasteiger partial charge is 0.550 e. The van der Waals surface area contributed by atoms with E-state index in [0.29, 0.717) is 25.7 Å². The summed E-state index contributed by atoms with van der Waals surface area (Å²) < 4.78 is 31.6. The Morgan fingerprint density at radius 1 is 0.900 bits per heavy atom. The molecule has 10 heteroatoms. The SMILES string of the molecule is CCCCC(CC)CC(C(=O)[O-])C(CC(CC)CCCC)(C(=O)[O-])S(=O)(=O)O.[Ag+].[Ag+]. The van der Waals surface area contributed by atoms with E-state index < -0.39 is 39.1 Å². The molecule has 4 atom stereocenters. The molecule has 0 aliphatic rings. The molecule has 0 radical (unpaired) electrons. The average molecular weight is 636 g/mol. The molecule has 0 aromatic rings. The van der Waals surface area contributed by atoms with Crippen LogP contribution >= 0.6 is 0 Å². The second-order valence-corrected chi connectivity index (χ2v) is 9.48. The van der Waals surface area contributed by atoms with E-state index in [-0.39, 0.29) is 63.0 Å². The first-order chi connectivity index (χ1) is 13.0. The quantitative estimate of drug-likeness (QED) is 0.202. The van der Waals surface area contributed by atoms with E-state index in [1.807, 2.05) is 20.8 Å². The summed E-state index contributed by atoms with van der Waals surface area (Å²) in [4.78, 5) is 24.0. The van der Waals surface area contributed by atoms with Crippen molar-refractivity contribution in [3.8, 4) is 0 Å². The zero-order chi connectivity index (χ0) is 22.0. The standard InChI is InChI=1S/C20H38O7S.2Ag/c1-5-9-11-15(7-3)13-17(18(21)22)20(19(23)24,28(25,26)27)14-16(8-4)12-10-6-2;;/h15-17H,5-14H2,1-4H3,(H,21,22)(H,23,24)(H,25,26,27);;/q;2*+1/p-2. The van der Waals surface area contributed by atoms with Gasteiger partial charge in [-0.2, -0.15) is 8.42 Å². The van der Waals surface area contributed by atoms with Crippen molar-refractivity contribution in [2.75, 3.05) is 0 Å². The van der Waals surface area contributed by atoms with Gasteiger partial charge in [0.1, 0.15) is 4.75 Å². The number of carbonyl (C=O) groups excluding carboxylic acids is 2. The normalized spacial score (nSPS) is 16.3. The fourth-order valence-electron chi connectivity index (χ4n) is 3.92. The van der Waals surface area contributed by atoms with Crippen molar-refractivity contribution in [1.82, 2.24) is 0 Å². The van der Waals surface area contributed by atoms with Crippen LogP contribution in [0.3, 0.4) is 0 Å². The number of unbranched alkanes of at least 4 members (excludes halogenated alkanes) is 2. The summed E-state index contributed by atoms with van der Waals surface area (Å²) in [6.45, 7) is 7.56. The predicted molar refractivity (Wildman–Crippen MR) is 104 cm³/mol. The number of carboxylic acid groups (broad SMARTS) is 2. The molecule has 1 N–H and O–H groups in total. The van der Waals surface area contributed by atoms with Crippen molar-refractivity contribution in [3.05, 3.63) is 0 Å². The molecule has 0 saturated heterocycles. The first-order valence-electron chi connectivity index (χ1n) is 10.4. The number of carboxylic acids is 2. The molecule has 0 fully saturated rings. The van der Waals surface area contributed by atoms with Crippen LogP contribution in [0.4, 0.5) is 0 Å². The van der Waals surface area contributed by atoms with Gasteiger partial charge in [0.15, 0.2) is 0 Å². The topological polar surface area (TPSA) is 135 Å². The summed E-state index contributed by atoms with van der Waals surface area (Å²) in [5.74, 6) is -6.26. The van der Waals surface area contributed by atoms with Crippen molar-refractivity contribution < 1.29 is 77.5 Å². The largest absolute Gasteiger partial charge is 1.00 e. The van der Waals surface area contributed by atoms with Gasteiger partial charge in [-0.15, -0.1) is 0 Å². The van der Waals surface area contributed by atoms with Crippen LogP contribution < -0.4 is 10.2 Å². The summed E-state index contributed by atoms with van der Waals surface area (Å²) in [6, 6.07) is 0. The molecule has 4 unspecified atom stereocenters. The Morgan fingerprint density at radius 3 is 1.63 bits per heavy atom. The minimum absolute atomic E-state index is 0. The monoisotopic (exact) mass is 634 g/mol. The molecule has 0 aromatic heterocycles. The molecular formula is C20H36Ag2O7S. The maximum absolute atomic E-state index is 12.3. The first-order valence-corrected chi connectivity index (χ1v) is 11.8. The van der Waals surface area contributed by atoms with Crippen LogP contribution in [0.5, 0.6) is 0 Å². The molecule has 0 saturated carbocycles. The third-order valence-electron chi connectivity index (χ3n) is 5.90. The van der Waals surface area contributed by atoms with Gasteiger partial charge in [-0.1, -0.05) is 79.1 Å². The molecule has 0 aromatic carbocycles. The fourth-order valence-corrected chi connectivity index (χ4v) is 5.13. The fraction of sp³-hybridized carbons (Fsp3) is 0.900. The summed E-state index contributed by atoms with van der Waals surface area (Å²) in [6.07, 6.45) is 4.84. The minimum Gasteiger partial charge on any atom is -0.550 e. The summed E-state index contributed by atoms with van der Waals surface area (Å²) in [5, 5.41) is 24.0. The average Bonchev–Trinajstić information content (AvgIpc) is 2.61. The Balaban J connectivity index is -0.00000364. The van der Waals surface area contributed by atoms with Crippen LogP contribution in [0.15, 0.2) is 0 Å². The summed E-state index contributed by atoms with van der Waals surface area (Å²) in [5.41, 5.74) is 0. The molecule has 0 aliphatic carbocycles. The first kappa shape index (κ1) is 34.9. The number of aliphatic carboxylic acids is 2. The van der Waals surface area contributed by atoms with Crippen LogP contribution in [-0.4, -0.2) is 29.7 Å². The van der Waals surface area contributed by atoms with Gasteiger partial charge in [0.05, 0.1) is 5.97 Å². The van der Waals surface area contributed by atoms with Crippen LogP contribution in [0.1, 0.15) is 91.9 Å². The van der Waals surface area contributed by atoms with Crippen molar-refractivity contribution in [1.29, 1.82) is 0 Å². The van der Waals surface area contributed by atoms with E-state index in [1.165, 1.54) is 0 Å². The van der Waals surface area contributed by atoms with Gasteiger partial charge in [-0.05, 0) is 24.7 Å². The van der Waals surface area contributed by atoms with Gasteiger partial charge in [0, 0.05) is 11.9 Å². The van der Waals surface area contributed by atoms with Crippen molar-refractivity contribution in [3.63, 3.8) is 0 Å². The van der Waals surface area contributed by atoms with Crippen LogP contribution in [0.2, 0.25) is 0 Å². The van der Waals surface area contributed by atoms with E-state index in [0.717, 1.165) is 25.7 Å². The second-order valence-electron chi connectivity index (χ2n) is 7.80.